The quantitative estimate of drug-likeness (QED) is 0.835. The van der Waals surface area contributed by atoms with E-state index < -0.39 is 16.1 Å². The predicted molar refractivity (Wildman–Crippen MR) is 98.2 cm³/mol. The van der Waals surface area contributed by atoms with Crippen LogP contribution in [0.25, 0.3) is 0 Å². The Hall–Kier alpha value is -1.77. The number of aryl methyl sites for hydroxylation is 1. The summed E-state index contributed by atoms with van der Waals surface area (Å²) >= 11 is 6.06. The Labute approximate surface area is 158 Å². The summed E-state index contributed by atoms with van der Waals surface area (Å²) in [6, 6.07) is 5.03. The molecule has 0 spiro atoms. The maximum atomic E-state index is 12.8. The highest BCUT2D eigenvalue weighted by Crippen LogP contribution is 2.35. The Morgan fingerprint density at radius 2 is 1.92 bits per heavy atom. The van der Waals surface area contributed by atoms with Gasteiger partial charge in [0.2, 0.25) is 5.03 Å². The van der Waals surface area contributed by atoms with Crippen LogP contribution in [0.5, 0.6) is 11.5 Å². The first-order valence-corrected chi connectivity index (χ1v) is 10.2. The van der Waals surface area contributed by atoms with Crippen molar-refractivity contribution in [1.82, 2.24) is 14.3 Å². The molecule has 142 valence electrons. The Balaban J connectivity index is 1.93. The zero-order valence-electron chi connectivity index (χ0n) is 14.9. The topological polar surface area (TPSA) is 82.5 Å². The van der Waals surface area contributed by atoms with Crippen molar-refractivity contribution >= 4 is 21.6 Å². The van der Waals surface area contributed by atoms with E-state index >= 15 is 0 Å². The molecule has 0 aliphatic carbocycles. The number of hydrogen-bond acceptors (Lipinski definition) is 5. The van der Waals surface area contributed by atoms with Crippen molar-refractivity contribution in [2.75, 3.05) is 13.2 Å². The maximum Gasteiger partial charge on any atom is 0.261 e. The summed E-state index contributed by atoms with van der Waals surface area (Å²) < 4.78 is 41.1. The third-order valence-electron chi connectivity index (χ3n) is 4.17. The highest BCUT2D eigenvalue weighted by molar-refractivity contribution is 7.89. The molecule has 26 heavy (non-hydrogen) atoms. The van der Waals surface area contributed by atoms with Crippen LogP contribution in [0.15, 0.2) is 29.6 Å². The molecule has 0 saturated carbocycles. The molecule has 1 aromatic heterocycles. The van der Waals surface area contributed by atoms with Gasteiger partial charge in [-0.3, -0.25) is 0 Å². The van der Waals surface area contributed by atoms with Crippen LogP contribution in [0.2, 0.25) is 5.15 Å². The summed E-state index contributed by atoms with van der Waals surface area (Å²) in [6.07, 6.45) is 2.18. The second kappa shape index (κ2) is 7.46. The number of hydrogen-bond donors (Lipinski definition) is 1. The molecule has 1 atom stereocenters. The van der Waals surface area contributed by atoms with Crippen molar-refractivity contribution in [3.8, 4) is 11.5 Å². The van der Waals surface area contributed by atoms with Crippen molar-refractivity contribution in [2.24, 2.45) is 13.0 Å². The van der Waals surface area contributed by atoms with E-state index in [2.05, 4.69) is 9.71 Å². The standard InChI is InChI=1S/C17H22ClN3O4S/c1-11(2)15(20-26(22,23)17-16(18)21(3)10-19-17)12-5-6-13-14(9-12)25-8-4-7-24-13/h5-6,9-11,15,20H,4,7-8H2,1-3H3. The minimum Gasteiger partial charge on any atom is -0.490 e. The number of halogens is 1. The molecule has 3 rings (SSSR count). The van der Waals surface area contributed by atoms with E-state index in [1.54, 1.807) is 7.05 Å². The van der Waals surface area contributed by atoms with Crippen LogP contribution in [0.1, 0.15) is 31.9 Å². The van der Waals surface area contributed by atoms with Crippen LogP contribution in [-0.4, -0.2) is 31.2 Å². The smallest absolute Gasteiger partial charge is 0.261 e. The Bertz CT molecular complexity index is 895. The van der Waals surface area contributed by atoms with Gasteiger partial charge in [-0.15, -0.1) is 0 Å². The van der Waals surface area contributed by atoms with Gasteiger partial charge in [0.25, 0.3) is 10.0 Å². The van der Waals surface area contributed by atoms with Gasteiger partial charge in [-0.1, -0.05) is 31.5 Å². The van der Waals surface area contributed by atoms with E-state index in [9.17, 15) is 8.42 Å². The van der Waals surface area contributed by atoms with Gasteiger partial charge in [-0.25, -0.2) is 18.1 Å². The fourth-order valence-corrected chi connectivity index (χ4v) is 4.56. The monoisotopic (exact) mass is 399 g/mol. The largest absolute Gasteiger partial charge is 0.490 e. The molecule has 0 bridgehead atoms. The lowest BCUT2D eigenvalue weighted by Gasteiger charge is -2.23. The van der Waals surface area contributed by atoms with E-state index in [-0.39, 0.29) is 16.1 Å². The number of aromatic nitrogens is 2. The molecule has 9 heteroatoms. The van der Waals surface area contributed by atoms with Gasteiger partial charge in [-0.05, 0) is 23.6 Å². The SMILES string of the molecule is CC(C)C(NS(=O)(=O)c1ncn(C)c1Cl)c1ccc2c(c1)OCCCO2. The molecule has 1 aliphatic heterocycles. The van der Waals surface area contributed by atoms with Crippen LogP contribution >= 0.6 is 11.6 Å². The van der Waals surface area contributed by atoms with Gasteiger partial charge in [0.15, 0.2) is 11.5 Å². The third kappa shape index (κ3) is 3.82. The molecule has 2 heterocycles. The van der Waals surface area contributed by atoms with Gasteiger partial charge in [-0.2, -0.15) is 0 Å². The molecule has 0 saturated heterocycles. The Kier molecular flexibility index (Phi) is 5.45. The molecule has 7 nitrogen and oxygen atoms in total. The molecule has 1 N–H and O–H groups in total. The lowest BCUT2D eigenvalue weighted by molar-refractivity contribution is 0.297. The summed E-state index contributed by atoms with van der Waals surface area (Å²) in [5.74, 6) is 1.29. The van der Waals surface area contributed by atoms with Crippen molar-refractivity contribution in [2.45, 2.75) is 31.3 Å². The highest BCUT2D eigenvalue weighted by atomic mass is 35.5. The van der Waals surface area contributed by atoms with E-state index in [4.69, 9.17) is 21.1 Å². The number of sulfonamides is 1. The third-order valence-corrected chi connectivity index (χ3v) is 6.10. The summed E-state index contributed by atoms with van der Waals surface area (Å²) in [5, 5.41) is -0.111. The summed E-state index contributed by atoms with van der Waals surface area (Å²) in [4.78, 5) is 3.91. The zero-order chi connectivity index (χ0) is 18.9. The maximum absolute atomic E-state index is 12.8. The van der Waals surface area contributed by atoms with E-state index in [1.165, 1.54) is 10.9 Å². The first-order chi connectivity index (χ1) is 12.3. The number of ether oxygens (including phenoxy) is 2. The lowest BCUT2D eigenvalue weighted by Crippen LogP contribution is -2.32. The molecular formula is C17H22ClN3O4S. The van der Waals surface area contributed by atoms with Gasteiger partial charge < -0.3 is 14.0 Å². The number of nitrogens with zero attached hydrogens (tertiary/aromatic N) is 2. The zero-order valence-corrected chi connectivity index (χ0v) is 16.5. The summed E-state index contributed by atoms with van der Waals surface area (Å²) in [6.45, 7) is 5.05. The molecule has 0 fully saturated rings. The van der Waals surface area contributed by atoms with Crippen LogP contribution in [0, 0.1) is 5.92 Å². The Morgan fingerprint density at radius 1 is 1.23 bits per heavy atom. The lowest BCUT2D eigenvalue weighted by atomic mass is 9.97. The van der Waals surface area contributed by atoms with Crippen LogP contribution < -0.4 is 14.2 Å². The molecule has 2 aromatic rings. The second-order valence-corrected chi connectivity index (χ2v) is 8.54. The number of benzene rings is 1. The number of nitrogens with one attached hydrogen (secondary N) is 1. The molecule has 1 aromatic carbocycles. The summed E-state index contributed by atoms with van der Waals surface area (Å²) in [5.41, 5.74) is 0.792. The van der Waals surface area contributed by atoms with Crippen molar-refractivity contribution in [3.05, 3.63) is 35.2 Å². The molecular weight excluding hydrogens is 378 g/mol. The van der Waals surface area contributed by atoms with E-state index in [1.807, 2.05) is 32.0 Å². The Morgan fingerprint density at radius 3 is 2.54 bits per heavy atom. The van der Waals surface area contributed by atoms with E-state index in [0.29, 0.717) is 24.7 Å². The minimum atomic E-state index is -3.88. The van der Waals surface area contributed by atoms with Gasteiger partial charge >= 0.3 is 0 Å². The average molecular weight is 400 g/mol. The van der Waals surface area contributed by atoms with Gasteiger partial charge in [0.05, 0.1) is 19.5 Å². The first-order valence-electron chi connectivity index (χ1n) is 8.38. The average Bonchev–Trinajstić information content (AvgIpc) is 2.81. The first kappa shape index (κ1) is 19.0. The van der Waals surface area contributed by atoms with Crippen LogP contribution in [0.3, 0.4) is 0 Å². The predicted octanol–water partition coefficient (Wildman–Crippen LogP) is 2.91. The van der Waals surface area contributed by atoms with Crippen molar-refractivity contribution in [3.63, 3.8) is 0 Å². The van der Waals surface area contributed by atoms with E-state index in [0.717, 1.165) is 12.0 Å². The molecule has 1 unspecified atom stereocenters. The number of fused-ring (bicyclic) bond motifs is 1. The normalized spacial score (nSPS) is 15.7. The van der Waals surface area contributed by atoms with Crippen LogP contribution in [0.4, 0.5) is 0 Å². The highest BCUT2D eigenvalue weighted by Gasteiger charge is 2.29. The molecule has 0 radical (unpaired) electrons. The summed E-state index contributed by atoms with van der Waals surface area (Å²) in [7, 11) is -2.24. The molecule has 0 amide bonds. The number of rotatable bonds is 5. The fourth-order valence-electron chi connectivity index (χ4n) is 2.76. The van der Waals surface area contributed by atoms with Crippen molar-refractivity contribution in [1.29, 1.82) is 0 Å². The van der Waals surface area contributed by atoms with Crippen molar-refractivity contribution < 1.29 is 17.9 Å². The fraction of sp³-hybridized carbons (Fsp3) is 0.471. The van der Waals surface area contributed by atoms with Crippen LogP contribution in [-0.2, 0) is 17.1 Å². The molecule has 1 aliphatic rings. The second-order valence-electron chi connectivity index (χ2n) is 6.55. The number of imidazole rings is 1. The van der Waals surface area contributed by atoms with Gasteiger partial charge in [0, 0.05) is 19.5 Å². The minimum absolute atomic E-state index is 0.00277. The van der Waals surface area contributed by atoms with Gasteiger partial charge in [0.1, 0.15) is 5.15 Å².